The number of nitrogens with zero attached hydrogens (tertiary/aromatic N) is 4. The predicted molar refractivity (Wildman–Crippen MR) is 92.5 cm³/mol. The van der Waals surface area contributed by atoms with E-state index in [9.17, 15) is 4.39 Å². The maximum absolute atomic E-state index is 13.2. The third-order valence-electron chi connectivity index (χ3n) is 4.51. The molecule has 3 aromatic rings. The third kappa shape index (κ3) is 4.03. The largest absolute Gasteiger partial charge is 0.377 e. The van der Waals surface area contributed by atoms with E-state index in [1.54, 1.807) is 6.20 Å². The number of rotatable bonds is 6. The van der Waals surface area contributed by atoms with Gasteiger partial charge in [0.05, 0.1) is 6.10 Å². The van der Waals surface area contributed by atoms with Crippen molar-refractivity contribution in [1.82, 2.24) is 19.3 Å². The molecule has 3 heterocycles. The van der Waals surface area contributed by atoms with Gasteiger partial charge in [0, 0.05) is 56.6 Å². The zero-order valence-corrected chi connectivity index (χ0v) is 14.0. The Labute approximate surface area is 146 Å². The third-order valence-corrected chi connectivity index (χ3v) is 4.51. The molecule has 1 unspecified atom stereocenters. The van der Waals surface area contributed by atoms with Crippen molar-refractivity contribution >= 4 is 5.78 Å². The molecular formula is C19H21FN4O. The summed E-state index contributed by atoms with van der Waals surface area (Å²) >= 11 is 0. The van der Waals surface area contributed by atoms with E-state index in [-0.39, 0.29) is 11.9 Å². The van der Waals surface area contributed by atoms with E-state index in [2.05, 4.69) is 21.1 Å². The highest BCUT2D eigenvalue weighted by atomic mass is 19.1. The molecule has 2 aromatic heterocycles. The number of hydrogen-bond acceptors (Lipinski definition) is 4. The van der Waals surface area contributed by atoms with Gasteiger partial charge in [-0.25, -0.2) is 14.4 Å². The van der Waals surface area contributed by atoms with Gasteiger partial charge in [-0.3, -0.25) is 9.30 Å². The molecule has 1 atom stereocenters. The summed E-state index contributed by atoms with van der Waals surface area (Å²) in [6.07, 6.45) is 10.1. The van der Waals surface area contributed by atoms with Gasteiger partial charge in [-0.1, -0.05) is 12.1 Å². The van der Waals surface area contributed by atoms with E-state index in [1.807, 2.05) is 28.9 Å². The first-order valence-corrected chi connectivity index (χ1v) is 8.62. The van der Waals surface area contributed by atoms with Gasteiger partial charge in [-0.15, -0.1) is 0 Å². The van der Waals surface area contributed by atoms with Crippen LogP contribution in [0.5, 0.6) is 0 Å². The van der Waals surface area contributed by atoms with Gasteiger partial charge in [0.2, 0.25) is 5.78 Å². The number of imidazole rings is 1. The second-order valence-corrected chi connectivity index (χ2v) is 6.53. The first-order valence-electron chi connectivity index (χ1n) is 8.62. The summed E-state index contributed by atoms with van der Waals surface area (Å²) in [6, 6.07) is 6.71. The second kappa shape index (κ2) is 7.29. The molecule has 4 rings (SSSR count). The summed E-state index contributed by atoms with van der Waals surface area (Å²) in [7, 11) is 0. The Morgan fingerprint density at radius 3 is 2.80 bits per heavy atom. The molecule has 0 aliphatic carbocycles. The van der Waals surface area contributed by atoms with E-state index in [1.165, 1.54) is 12.1 Å². The fourth-order valence-electron chi connectivity index (χ4n) is 3.31. The zero-order chi connectivity index (χ0) is 17.1. The Bertz CT molecular complexity index is 827. The molecule has 1 aliphatic heterocycles. The molecule has 0 bridgehead atoms. The van der Waals surface area contributed by atoms with Crippen molar-refractivity contribution < 1.29 is 9.13 Å². The molecule has 0 N–H and O–H groups in total. The number of benzene rings is 1. The molecule has 0 saturated carbocycles. The average molecular weight is 340 g/mol. The summed E-state index contributed by atoms with van der Waals surface area (Å²) in [5.41, 5.74) is 2.21. The van der Waals surface area contributed by atoms with E-state index in [0.717, 1.165) is 50.2 Å². The van der Waals surface area contributed by atoms with E-state index in [4.69, 9.17) is 4.74 Å². The Morgan fingerprint density at radius 2 is 2.00 bits per heavy atom. The summed E-state index contributed by atoms with van der Waals surface area (Å²) in [5, 5.41) is 0. The molecule has 130 valence electrons. The van der Waals surface area contributed by atoms with Crippen LogP contribution in [0.25, 0.3) is 5.78 Å². The summed E-state index contributed by atoms with van der Waals surface area (Å²) in [4.78, 5) is 10.9. The average Bonchev–Trinajstić information content (AvgIpc) is 3.28. The van der Waals surface area contributed by atoms with Crippen molar-refractivity contribution in [2.45, 2.75) is 32.0 Å². The number of halogens is 1. The van der Waals surface area contributed by atoms with Crippen LogP contribution in [-0.4, -0.2) is 38.5 Å². The fraction of sp³-hybridized carbons (Fsp3) is 0.368. The number of aromatic nitrogens is 3. The van der Waals surface area contributed by atoms with Crippen LogP contribution in [0, 0.1) is 5.82 Å². The van der Waals surface area contributed by atoms with E-state index in [0.29, 0.717) is 5.78 Å². The highest BCUT2D eigenvalue weighted by Crippen LogP contribution is 2.17. The predicted octanol–water partition coefficient (Wildman–Crippen LogP) is 3.05. The lowest BCUT2D eigenvalue weighted by Gasteiger charge is -2.25. The van der Waals surface area contributed by atoms with Crippen molar-refractivity contribution in [1.29, 1.82) is 0 Å². The molecule has 5 nitrogen and oxygen atoms in total. The van der Waals surface area contributed by atoms with E-state index >= 15 is 0 Å². The maximum atomic E-state index is 13.2. The number of ether oxygens (including phenoxy) is 1. The van der Waals surface area contributed by atoms with Gasteiger partial charge in [-0.05, 0) is 30.5 Å². The van der Waals surface area contributed by atoms with Gasteiger partial charge < -0.3 is 4.74 Å². The number of fused-ring (bicyclic) bond motifs is 1. The van der Waals surface area contributed by atoms with Crippen molar-refractivity contribution in [2.24, 2.45) is 0 Å². The Kier molecular flexibility index (Phi) is 4.72. The van der Waals surface area contributed by atoms with Crippen LogP contribution >= 0.6 is 0 Å². The smallest absolute Gasteiger partial charge is 0.233 e. The molecule has 0 amide bonds. The standard InChI is InChI=1S/C19H21FN4O/c20-17-5-3-15(4-6-17)11-23(14-18-2-1-9-25-18)12-16-10-22-19-21-7-8-24(19)13-16/h3-8,10,13,18H,1-2,9,11-12,14H2. The lowest BCUT2D eigenvalue weighted by molar-refractivity contribution is 0.0678. The van der Waals surface area contributed by atoms with Gasteiger partial charge in [0.15, 0.2) is 0 Å². The van der Waals surface area contributed by atoms with Gasteiger partial charge >= 0.3 is 0 Å². The minimum absolute atomic E-state index is 0.204. The highest BCUT2D eigenvalue weighted by molar-refractivity contribution is 5.28. The molecule has 1 aromatic carbocycles. The molecular weight excluding hydrogens is 319 g/mol. The molecule has 1 fully saturated rings. The first kappa shape index (κ1) is 16.2. The lowest BCUT2D eigenvalue weighted by atomic mass is 10.1. The van der Waals surface area contributed by atoms with Crippen LogP contribution in [-0.2, 0) is 17.8 Å². The molecule has 0 radical (unpaired) electrons. The Hall–Kier alpha value is -2.31. The van der Waals surface area contributed by atoms with Crippen molar-refractivity contribution in [3.63, 3.8) is 0 Å². The van der Waals surface area contributed by atoms with E-state index < -0.39 is 0 Å². The monoisotopic (exact) mass is 340 g/mol. The lowest BCUT2D eigenvalue weighted by Crippen LogP contribution is -2.31. The van der Waals surface area contributed by atoms with Crippen LogP contribution in [0.1, 0.15) is 24.0 Å². The Balaban J connectivity index is 1.51. The van der Waals surface area contributed by atoms with Crippen LogP contribution in [0.3, 0.4) is 0 Å². The zero-order valence-electron chi connectivity index (χ0n) is 14.0. The summed E-state index contributed by atoms with van der Waals surface area (Å²) in [6.45, 7) is 3.22. The summed E-state index contributed by atoms with van der Waals surface area (Å²) in [5.74, 6) is 0.497. The fourth-order valence-corrected chi connectivity index (χ4v) is 3.31. The van der Waals surface area contributed by atoms with Crippen LogP contribution in [0.2, 0.25) is 0 Å². The summed E-state index contributed by atoms with van der Waals surface area (Å²) < 4.78 is 20.9. The molecule has 1 aliphatic rings. The molecule has 6 heteroatoms. The maximum Gasteiger partial charge on any atom is 0.233 e. The molecule has 25 heavy (non-hydrogen) atoms. The SMILES string of the molecule is Fc1ccc(CN(Cc2cnc3nccn3c2)CC2CCCO2)cc1. The van der Waals surface area contributed by atoms with Crippen LogP contribution in [0.15, 0.2) is 49.1 Å². The topological polar surface area (TPSA) is 42.7 Å². The first-order chi connectivity index (χ1) is 12.3. The highest BCUT2D eigenvalue weighted by Gasteiger charge is 2.20. The Morgan fingerprint density at radius 1 is 1.16 bits per heavy atom. The molecule has 0 spiro atoms. The minimum Gasteiger partial charge on any atom is -0.377 e. The van der Waals surface area contributed by atoms with Crippen LogP contribution < -0.4 is 0 Å². The van der Waals surface area contributed by atoms with Crippen molar-refractivity contribution in [3.05, 3.63) is 66.0 Å². The normalized spacial score (nSPS) is 17.6. The van der Waals surface area contributed by atoms with Crippen molar-refractivity contribution in [3.8, 4) is 0 Å². The quantitative estimate of drug-likeness (QED) is 0.692. The number of hydrogen-bond donors (Lipinski definition) is 0. The van der Waals surface area contributed by atoms with Gasteiger partial charge in [-0.2, -0.15) is 0 Å². The van der Waals surface area contributed by atoms with Crippen LogP contribution in [0.4, 0.5) is 4.39 Å². The molecule has 1 saturated heterocycles. The minimum atomic E-state index is -0.204. The second-order valence-electron chi connectivity index (χ2n) is 6.53. The van der Waals surface area contributed by atoms with Gasteiger partial charge in [0.25, 0.3) is 0 Å². The van der Waals surface area contributed by atoms with Crippen molar-refractivity contribution in [2.75, 3.05) is 13.2 Å². The van der Waals surface area contributed by atoms with Gasteiger partial charge in [0.1, 0.15) is 5.82 Å².